The minimum atomic E-state index is -0.354. The molecule has 0 aliphatic heterocycles. The zero-order valence-electron chi connectivity index (χ0n) is 15.5. The summed E-state index contributed by atoms with van der Waals surface area (Å²) in [7, 11) is 5.58. The molecule has 0 aliphatic rings. The van der Waals surface area contributed by atoms with Gasteiger partial charge in [-0.2, -0.15) is 0 Å². The Morgan fingerprint density at radius 3 is 2.73 bits per heavy atom. The molecule has 0 saturated heterocycles. The number of aryl methyl sites for hydroxylation is 1. The van der Waals surface area contributed by atoms with Crippen molar-refractivity contribution in [2.45, 2.75) is 13.3 Å². The van der Waals surface area contributed by atoms with Crippen LogP contribution in [0.25, 0.3) is 0 Å². The van der Waals surface area contributed by atoms with E-state index in [2.05, 4.69) is 25.5 Å². The second-order valence-corrected chi connectivity index (χ2v) is 6.54. The van der Waals surface area contributed by atoms with Crippen molar-refractivity contribution in [1.29, 1.82) is 0 Å². The maximum Gasteiger partial charge on any atom is 0.274 e. The predicted molar refractivity (Wildman–Crippen MR) is 104 cm³/mol. The molecule has 1 amide bonds. The second kappa shape index (κ2) is 9.35. The number of nitrogens with zero attached hydrogens (tertiary/aromatic N) is 3. The van der Waals surface area contributed by atoms with Crippen LogP contribution in [0.4, 0.5) is 11.6 Å². The summed E-state index contributed by atoms with van der Waals surface area (Å²) < 4.78 is 5.25. The van der Waals surface area contributed by atoms with Crippen molar-refractivity contribution in [2.24, 2.45) is 0 Å². The van der Waals surface area contributed by atoms with Crippen LogP contribution in [-0.4, -0.2) is 55.1 Å². The molecule has 1 heterocycles. The normalized spacial score (nSPS) is 10.7. The molecule has 0 spiro atoms. The summed E-state index contributed by atoms with van der Waals surface area (Å²) in [6, 6.07) is 6.66. The molecule has 0 atom stereocenters. The van der Waals surface area contributed by atoms with Crippen LogP contribution in [0.5, 0.6) is 5.75 Å². The zero-order valence-corrected chi connectivity index (χ0v) is 16.2. The van der Waals surface area contributed by atoms with Crippen LogP contribution in [0.3, 0.4) is 0 Å². The quantitative estimate of drug-likeness (QED) is 0.688. The Hall–Kier alpha value is -2.38. The highest BCUT2D eigenvalue weighted by Gasteiger charge is 2.14. The van der Waals surface area contributed by atoms with E-state index in [0.717, 1.165) is 19.5 Å². The highest BCUT2D eigenvalue weighted by Crippen LogP contribution is 2.28. The fourth-order valence-electron chi connectivity index (χ4n) is 2.32. The fraction of sp³-hybridized carbons (Fsp3) is 0.389. The molecule has 0 fully saturated rings. The van der Waals surface area contributed by atoms with Gasteiger partial charge >= 0.3 is 0 Å². The molecule has 7 nitrogen and oxygen atoms in total. The number of benzene rings is 1. The first-order chi connectivity index (χ1) is 12.4. The van der Waals surface area contributed by atoms with E-state index in [1.165, 1.54) is 7.11 Å². The largest absolute Gasteiger partial charge is 0.495 e. The average Bonchev–Trinajstić information content (AvgIpc) is 2.58. The lowest BCUT2D eigenvalue weighted by Crippen LogP contribution is -2.19. The van der Waals surface area contributed by atoms with E-state index in [4.69, 9.17) is 16.3 Å². The van der Waals surface area contributed by atoms with Gasteiger partial charge < -0.3 is 20.3 Å². The smallest absolute Gasteiger partial charge is 0.274 e. The zero-order chi connectivity index (χ0) is 19.1. The van der Waals surface area contributed by atoms with E-state index < -0.39 is 0 Å². The molecule has 1 aromatic carbocycles. The number of ether oxygens (including phenoxy) is 1. The number of hydrogen-bond donors (Lipinski definition) is 2. The molecule has 0 bridgehead atoms. The summed E-state index contributed by atoms with van der Waals surface area (Å²) in [5.41, 5.74) is 1.47. The summed E-state index contributed by atoms with van der Waals surface area (Å²) in [4.78, 5) is 23.3. The SMILES string of the molecule is COc1ccc(Cl)cc1NC(=O)c1cc(C)nc(NCCCN(C)C)n1. The summed E-state index contributed by atoms with van der Waals surface area (Å²) >= 11 is 6.00. The fourth-order valence-corrected chi connectivity index (χ4v) is 2.50. The third-order valence-electron chi connectivity index (χ3n) is 3.56. The number of rotatable bonds is 8. The highest BCUT2D eigenvalue weighted by atomic mass is 35.5. The summed E-state index contributed by atoms with van der Waals surface area (Å²) in [6.45, 7) is 3.51. The van der Waals surface area contributed by atoms with Crippen LogP contribution in [0, 0.1) is 6.92 Å². The summed E-state index contributed by atoms with van der Waals surface area (Å²) in [5, 5.41) is 6.44. The Morgan fingerprint density at radius 2 is 2.04 bits per heavy atom. The first-order valence-corrected chi connectivity index (χ1v) is 8.66. The molecule has 1 aromatic heterocycles. The van der Waals surface area contributed by atoms with E-state index >= 15 is 0 Å². The van der Waals surface area contributed by atoms with Gasteiger partial charge in [-0.1, -0.05) is 11.6 Å². The van der Waals surface area contributed by atoms with E-state index in [1.54, 1.807) is 24.3 Å². The van der Waals surface area contributed by atoms with E-state index in [1.807, 2.05) is 21.0 Å². The number of aromatic nitrogens is 2. The Bertz CT molecular complexity index is 767. The van der Waals surface area contributed by atoms with Crippen LogP contribution >= 0.6 is 11.6 Å². The maximum atomic E-state index is 12.6. The standard InChI is InChI=1S/C18H24ClN5O2/c1-12-10-15(23-18(21-12)20-8-5-9-24(2)3)17(25)22-14-11-13(19)6-7-16(14)26-4/h6-7,10-11H,5,8-9H2,1-4H3,(H,22,25)(H,20,21,23). The number of nitrogens with one attached hydrogen (secondary N) is 2. The molecule has 0 aliphatic carbocycles. The first kappa shape index (κ1) is 19.9. The molecular weight excluding hydrogens is 354 g/mol. The third kappa shape index (κ3) is 5.86. The highest BCUT2D eigenvalue weighted by molar-refractivity contribution is 6.31. The third-order valence-corrected chi connectivity index (χ3v) is 3.80. The van der Waals surface area contributed by atoms with E-state index in [9.17, 15) is 4.79 Å². The first-order valence-electron chi connectivity index (χ1n) is 8.28. The monoisotopic (exact) mass is 377 g/mol. The number of amides is 1. The van der Waals surface area contributed by atoms with Crippen molar-refractivity contribution in [3.8, 4) is 5.75 Å². The number of halogens is 1. The predicted octanol–water partition coefficient (Wildman–Crippen LogP) is 3.06. The number of methoxy groups -OCH3 is 1. The van der Waals surface area contributed by atoms with Gasteiger partial charge in [0.2, 0.25) is 5.95 Å². The van der Waals surface area contributed by atoms with Crippen LogP contribution in [-0.2, 0) is 0 Å². The summed E-state index contributed by atoms with van der Waals surface area (Å²) in [6.07, 6.45) is 0.950. The topological polar surface area (TPSA) is 79.4 Å². The molecule has 0 saturated carbocycles. The van der Waals surface area contributed by atoms with Crippen molar-refractivity contribution in [3.05, 3.63) is 40.7 Å². The Balaban J connectivity index is 2.10. The lowest BCUT2D eigenvalue weighted by Gasteiger charge is -2.12. The van der Waals surface area contributed by atoms with Crippen LogP contribution in [0.2, 0.25) is 5.02 Å². The van der Waals surface area contributed by atoms with Gasteiger partial charge in [0.1, 0.15) is 11.4 Å². The van der Waals surface area contributed by atoms with E-state index in [-0.39, 0.29) is 11.6 Å². The van der Waals surface area contributed by atoms with Gasteiger partial charge in [-0.15, -0.1) is 0 Å². The van der Waals surface area contributed by atoms with Gasteiger partial charge in [-0.3, -0.25) is 4.79 Å². The number of anilines is 2. The molecule has 2 N–H and O–H groups in total. The molecule has 2 rings (SSSR count). The molecule has 8 heteroatoms. The molecular formula is C18H24ClN5O2. The van der Waals surface area contributed by atoms with Crippen molar-refractivity contribution in [1.82, 2.24) is 14.9 Å². The summed E-state index contributed by atoms with van der Waals surface area (Å²) in [5.74, 6) is 0.606. The Morgan fingerprint density at radius 1 is 1.27 bits per heavy atom. The van der Waals surface area contributed by atoms with Gasteiger partial charge in [-0.05, 0) is 58.3 Å². The number of hydrogen-bond acceptors (Lipinski definition) is 6. The van der Waals surface area contributed by atoms with Gasteiger partial charge in [0.25, 0.3) is 5.91 Å². The molecule has 140 valence electrons. The lowest BCUT2D eigenvalue weighted by molar-refractivity contribution is 0.102. The minimum absolute atomic E-state index is 0.273. The minimum Gasteiger partial charge on any atom is -0.495 e. The maximum absolute atomic E-state index is 12.6. The van der Waals surface area contributed by atoms with Crippen molar-refractivity contribution >= 4 is 29.1 Å². The van der Waals surface area contributed by atoms with Gasteiger partial charge in [0.05, 0.1) is 12.8 Å². The Kier molecular flexibility index (Phi) is 7.17. The molecule has 2 aromatic rings. The molecule has 0 radical (unpaired) electrons. The second-order valence-electron chi connectivity index (χ2n) is 6.10. The molecule has 26 heavy (non-hydrogen) atoms. The van der Waals surface area contributed by atoms with Crippen molar-refractivity contribution < 1.29 is 9.53 Å². The van der Waals surface area contributed by atoms with Gasteiger partial charge in [0.15, 0.2) is 0 Å². The van der Waals surface area contributed by atoms with Crippen molar-refractivity contribution in [2.75, 3.05) is 44.9 Å². The van der Waals surface area contributed by atoms with Crippen LogP contribution < -0.4 is 15.4 Å². The van der Waals surface area contributed by atoms with Crippen LogP contribution in [0.1, 0.15) is 22.6 Å². The molecule has 0 unspecified atom stereocenters. The van der Waals surface area contributed by atoms with Crippen molar-refractivity contribution in [3.63, 3.8) is 0 Å². The van der Waals surface area contributed by atoms with Gasteiger partial charge in [0, 0.05) is 17.3 Å². The van der Waals surface area contributed by atoms with Crippen LogP contribution in [0.15, 0.2) is 24.3 Å². The number of carbonyl (C=O) groups is 1. The van der Waals surface area contributed by atoms with E-state index in [0.29, 0.717) is 28.1 Å². The van der Waals surface area contributed by atoms with Gasteiger partial charge in [-0.25, -0.2) is 9.97 Å². The lowest BCUT2D eigenvalue weighted by atomic mass is 10.2. The number of carbonyl (C=O) groups excluding carboxylic acids is 1. The Labute approximate surface area is 158 Å². The average molecular weight is 378 g/mol.